The number of imidazole rings is 1. The second kappa shape index (κ2) is 6.13. The molecule has 3 heterocycles. The minimum absolute atomic E-state index is 0.0359. The molecule has 114 valence electrons. The quantitative estimate of drug-likeness (QED) is 0.798. The van der Waals surface area contributed by atoms with Gasteiger partial charge in [0, 0.05) is 0 Å². The van der Waals surface area contributed by atoms with Gasteiger partial charge >= 0.3 is 0 Å². The number of alkyl halides is 1. The molecule has 0 N–H and O–H groups in total. The van der Waals surface area contributed by atoms with Gasteiger partial charge in [0.2, 0.25) is 5.88 Å². The third kappa shape index (κ3) is 2.81. The lowest BCUT2D eigenvalue weighted by Crippen LogP contribution is -2.32. The zero-order chi connectivity index (χ0) is 14.8. The van der Waals surface area contributed by atoms with Gasteiger partial charge in [-0.25, -0.2) is 9.97 Å². The molecule has 7 nitrogen and oxygen atoms in total. The van der Waals surface area contributed by atoms with Crippen LogP contribution in [-0.4, -0.2) is 52.6 Å². The Morgan fingerprint density at radius 1 is 1.48 bits per heavy atom. The van der Waals surface area contributed by atoms with Crippen LogP contribution in [0.3, 0.4) is 0 Å². The zero-order valence-electron chi connectivity index (χ0n) is 12.0. The van der Waals surface area contributed by atoms with Crippen LogP contribution in [-0.2, 0) is 16.0 Å². The normalized spacial score (nSPS) is 20.6. The monoisotopic (exact) mass is 312 g/mol. The molecule has 1 aliphatic rings. The first-order chi connectivity index (χ1) is 10.2. The van der Waals surface area contributed by atoms with E-state index in [1.54, 1.807) is 7.11 Å². The second-order valence-electron chi connectivity index (χ2n) is 4.82. The summed E-state index contributed by atoms with van der Waals surface area (Å²) in [5.74, 6) is 1.16. The Hall–Kier alpha value is -1.44. The average Bonchev–Trinajstić information content (AvgIpc) is 2.87. The molecule has 0 aromatic carbocycles. The summed E-state index contributed by atoms with van der Waals surface area (Å²) in [7, 11) is 1.56. The molecule has 0 aliphatic carbocycles. The molecule has 8 heteroatoms. The molecule has 3 rings (SSSR count). The first-order valence-electron chi connectivity index (χ1n) is 6.79. The molecule has 0 radical (unpaired) electrons. The predicted octanol–water partition coefficient (Wildman–Crippen LogP) is 1.55. The number of aromatic nitrogens is 4. The molecule has 2 aromatic heterocycles. The van der Waals surface area contributed by atoms with Gasteiger partial charge in [0.25, 0.3) is 0 Å². The van der Waals surface area contributed by atoms with Crippen LogP contribution in [0.2, 0.25) is 0 Å². The maximum absolute atomic E-state index is 6.25. The SMILES string of the molecule is COc1ncnc2c1nc(C(C)Cl)n2CC1COCCO1. The van der Waals surface area contributed by atoms with Gasteiger partial charge in [-0.15, -0.1) is 11.6 Å². The maximum atomic E-state index is 6.25. The highest BCUT2D eigenvalue weighted by atomic mass is 35.5. The topological polar surface area (TPSA) is 71.3 Å². The molecule has 0 amide bonds. The lowest BCUT2D eigenvalue weighted by Gasteiger charge is -2.24. The van der Waals surface area contributed by atoms with Gasteiger partial charge in [-0.2, -0.15) is 4.98 Å². The van der Waals surface area contributed by atoms with Crippen LogP contribution in [0, 0.1) is 0 Å². The molecular formula is C13H17ClN4O3. The Balaban J connectivity index is 2.03. The van der Waals surface area contributed by atoms with Crippen LogP contribution < -0.4 is 4.74 Å². The van der Waals surface area contributed by atoms with Gasteiger partial charge < -0.3 is 18.8 Å². The van der Waals surface area contributed by atoms with Crippen molar-refractivity contribution in [1.82, 2.24) is 19.5 Å². The van der Waals surface area contributed by atoms with E-state index in [9.17, 15) is 0 Å². The summed E-state index contributed by atoms with van der Waals surface area (Å²) in [4.78, 5) is 12.9. The zero-order valence-corrected chi connectivity index (χ0v) is 12.7. The van der Waals surface area contributed by atoms with Gasteiger partial charge in [0.15, 0.2) is 11.2 Å². The second-order valence-corrected chi connectivity index (χ2v) is 5.47. The van der Waals surface area contributed by atoms with Gasteiger partial charge in [0.1, 0.15) is 12.2 Å². The smallest absolute Gasteiger partial charge is 0.245 e. The van der Waals surface area contributed by atoms with Crippen molar-refractivity contribution in [3.8, 4) is 5.88 Å². The Labute approximate surface area is 127 Å². The number of hydrogen-bond acceptors (Lipinski definition) is 6. The van der Waals surface area contributed by atoms with Crippen LogP contribution >= 0.6 is 11.6 Å². The molecule has 21 heavy (non-hydrogen) atoms. The van der Waals surface area contributed by atoms with Gasteiger partial charge in [0.05, 0.1) is 45.0 Å². The lowest BCUT2D eigenvalue weighted by atomic mass is 10.3. The van der Waals surface area contributed by atoms with E-state index in [0.29, 0.717) is 43.4 Å². The number of hydrogen-bond donors (Lipinski definition) is 0. The molecule has 0 saturated carbocycles. The van der Waals surface area contributed by atoms with Crippen LogP contribution in [0.25, 0.3) is 11.2 Å². The number of ether oxygens (including phenoxy) is 3. The van der Waals surface area contributed by atoms with Crippen molar-refractivity contribution in [2.45, 2.75) is 24.9 Å². The Kier molecular flexibility index (Phi) is 4.23. The molecule has 1 fully saturated rings. The van der Waals surface area contributed by atoms with Crippen molar-refractivity contribution in [1.29, 1.82) is 0 Å². The summed E-state index contributed by atoms with van der Waals surface area (Å²) >= 11 is 6.25. The Bertz CT molecular complexity index is 625. The predicted molar refractivity (Wildman–Crippen MR) is 76.7 cm³/mol. The first-order valence-corrected chi connectivity index (χ1v) is 7.23. The van der Waals surface area contributed by atoms with E-state index in [4.69, 9.17) is 25.8 Å². The summed E-state index contributed by atoms with van der Waals surface area (Å²) in [5.41, 5.74) is 1.30. The summed E-state index contributed by atoms with van der Waals surface area (Å²) in [6.45, 7) is 4.25. The number of nitrogens with zero attached hydrogens (tertiary/aromatic N) is 4. The van der Waals surface area contributed by atoms with E-state index >= 15 is 0 Å². The van der Waals surface area contributed by atoms with Crippen molar-refractivity contribution in [2.24, 2.45) is 0 Å². The molecule has 2 atom stereocenters. The third-order valence-electron chi connectivity index (χ3n) is 3.35. The molecule has 1 aliphatic heterocycles. The van der Waals surface area contributed by atoms with Gasteiger partial charge in [-0.05, 0) is 6.92 Å². The molecule has 0 spiro atoms. The van der Waals surface area contributed by atoms with Crippen molar-refractivity contribution >= 4 is 22.8 Å². The Morgan fingerprint density at radius 3 is 3.00 bits per heavy atom. The Morgan fingerprint density at radius 2 is 2.33 bits per heavy atom. The number of halogens is 1. The standard InChI is InChI=1S/C13H17ClN4O3/c1-8(14)11-17-10-12(15-7-16-13(10)19-2)18(11)5-9-6-20-3-4-21-9/h7-9H,3-6H2,1-2H3. The van der Waals surface area contributed by atoms with Crippen LogP contribution in [0.4, 0.5) is 0 Å². The highest BCUT2D eigenvalue weighted by Crippen LogP contribution is 2.27. The average molecular weight is 313 g/mol. The van der Waals surface area contributed by atoms with Crippen LogP contribution in [0.15, 0.2) is 6.33 Å². The van der Waals surface area contributed by atoms with E-state index in [2.05, 4.69) is 15.0 Å². The molecule has 0 bridgehead atoms. The van der Waals surface area contributed by atoms with Crippen molar-refractivity contribution in [3.63, 3.8) is 0 Å². The highest BCUT2D eigenvalue weighted by molar-refractivity contribution is 6.20. The third-order valence-corrected chi connectivity index (χ3v) is 3.54. The molecule has 2 unspecified atom stereocenters. The van der Waals surface area contributed by atoms with E-state index in [1.807, 2.05) is 11.5 Å². The number of fused-ring (bicyclic) bond motifs is 1. The summed E-state index contributed by atoms with van der Waals surface area (Å²) in [6, 6.07) is 0. The number of rotatable bonds is 4. The van der Waals surface area contributed by atoms with E-state index < -0.39 is 0 Å². The fourth-order valence-corrected chi connectivity index (χ4v) is 2.58. The van der Waals surface area contributed by atoms with Crippen LogP contribution in [0.5, 0.6) is 5.88 Å². The molecule has 1 saturated heterocycles. The minimum atomic E-state index is -0.256. The van der Waals surface area contributed by atoms with E-state index in [-0.39, 0.29) is 11.5 Å². The van der Waals surface area contributed by atoms with E-state index in [0.717, 1.165) is 5.82 Å². The van der Waals surface area contributed by atoms with Crippen molar-refractivity contribution in [3.05, 3.63) is 12.2 Å². The fraction of sp³-hybridized carbons (Fsp3) is 0.615. The highest BCUT2D eigenvalue weighted by Gasteiger charge is 2.23. The van der Waals surface area contributed by atoms with Crippen molar-refractivity contribution in [2.75, 3.05) is 26.9 Å². The maximum Gasteiger partial charge on any atom is 0.245 e. The fourth-order valence-electron chi connectivity index (χ4n) is 2.41. The first kappa shape index (κ1) is 14.5. The van der Waals surface area contributed by atoms with E-state index in [1.165, 1.54) is 6.33 Å². The minimum Gasteiger partial charge on any atom is -0.479 e. The summed E-state index contributed by atoms with van der Waals surface area (Å²) in [6.07, 6.45) is 1.42. The van der Waals surface area contributed by atoms with Gasteiger partial charge in [-0.1, -0.05) is 0 Å². The van der Waals surface area contributed by atoms with Crippen LogP contribution in [0.1, 0.15) is 18.1 Å². The summed E-state index contributed by atoms with van der Waals surface area (Å²) < 4.78 is 18.3. The van der Waals surface area contributed by atoms with Gasteiger partial charge in [-0.3, -0.25) is 0 Å². The number of methoxy groups -OCH3 is 1. The van der Waals surface area contributed by atoms with Crippen molar-refractivity contribution < 1.29 is 14.2 Å². The molecule has 2 aromatic rings. The summed E-state index contributed by atoms with van der Waals surface area (Å²) in [5, 5.41) is -0.256. The molecular weight excluding hydrogens is 296 g/mol. The lowest BCUT2D eigenvalue weighted by molar-refractivity contribution is -0.0934. The largest absolute Gasteiger partial charge is 0.479 e.